The van der Waals surface area contributed by atoms with Gasteiger partial charge < -0.3 is 10.6 Å². The number of carbonyl (C=O) groups excluding carboxylic acids is 1. The Morgan fingerprint density at radius 2 is 1.84 bits per heavy atom. The van der Waals surface area contributed by atoms with Crippen LogP contribution in [0.3, 0.4) is 0 Å². The molecule has 0 spiro atoms. The van der Waals surface area contributed by atoms with Crippen LogP contribution in [0.25, 0.3) is 0 Å². The van der Waals surface area contributed by atoms with E-state index in [9.17, 15) is 17.6 Å². The molecule has 31 heavy (non-hydrogen) atoms. The molecule has 1 aromatic heterocycles. The number of alkyl halides is 1. The molecule has 1 saturated carbocycles. The topological polar surface area (TPSA) is 101 Å². The molecule has 2 amide bonds. The fourth-order valence-electron chi connectivity index (χ4n) is 3.57. The number of pyridine rings is 1. The highest BCUT2D eigenvalue weighted by molar-refractivity contribution is 7.88. The highest BCUT2D eigenvalue weighted by Gasteiger charge is 2.24. The van der Waals surface area contributed by atoms with Crippen LogP contribution in [0.5, 0.6) is 0 Å². The van der Waals surface area contributed by atoms with Gasteiger partial charge in [-0.1, -0.05) is 36.6 Å². The minimum absolute atomic E-state index is 0.0619. The van der Waals surface area contributed by atoms with Crippen LogP contribution in [-0.4, -0.2) is 56.0 Å². The average molecular weight is 459 g/mol. The van der Waals surface area contributed by atoms with Gasteiger partial charge >= 0.3 is 6.03 Å². The highest BCUT2D eigenvalue weighted by atomic mass is 32.2. The van der Waals surface area contributed by atoms with E-state index in [1.54, 1.807) is 24.5 Å². The minimum Gasteiger partial charge on any atom is -0.338 e. The number of nitrogens with zero attached hydrogens (tertiary/aromatic N) is 2. The second-order valence-corrected chi connectivity index (χ2v) is 9.84. The van der Waals surface area contributed by atoms with Crippen molar-refractivity contribution in [2.45, 2.75) is 57.8 Å². The van der Waals surface area contributed by atoms with E-state index in [1.165, 1.54) is 6.42 Å². The Hall–Kier alpha value is -1.78. The Labute approximate surface area is 184 Å². The van der Waals surface area contributed by atoms with Crippen LogP contribution in [0.2, 0.25) is 0 Å². The lowest BCUT2D eigenvalue weighted by molar-refractivity contribution is -0.104. The molecule has 2 rings (SSSR count). The zero-order valence-electron chi connectivity index (χ0n) is 18.1. The van der Waals surface area contributed by atoms with Gasteiger partial charge in [0.05, 0.1) is 18.9 Å². The molecule has 8 nitrogen and oxygen atoms in total. The smallest absolute Gasteiger partial charge is 0.319 e. The lowest BCUT2D eigenvalue weighted by atomic mass is 9.90. The van der Waals surface area contributed by atoms with Crippen LogP contribution in [0, 0.1) is 5.92 Å². The molecule has 1 aliphatic carbocycles. The Morgan fingerprint density at radius 1 is 1.13 bits per heavy atom. The summed E-state index contributed by atoms with van der Waals surface area (Å²) in [5, 5.41) is 5.47. The molecule has 0 atom stereocenters. The van der Waals surface area contributed by atoms with E-state index in [1.807, 2.05) is 0 Å². The van der Waals surface area contributed by atoms with Crippen molar-refractivity contribution in [3.8, 4) is 0 Å². The van der Waals surface area contributed by atoms with Gasteiger partial charge in [0.25, 0.3) is 0 Å². The molecule has 1 fully saturated rings. The summed E-state index contributed by atoms with van der Waals surface area (Å²) in [6, 6.07) is 3.11. The van der Waals surface area contributed by atoms with Crippen molar-refractivity contribution in [1.29, 1.82) is 0 Å². The standard InChI is InChI=1S/C21H35FN4O4S/c22-12-16-26(30-18-19-8-4-3-5-9-19)31(28,29)17-7-2-1-6-13-24-21(27)25-20-10-14-23-15-11-20/h10-11,14-15,19H,1-9,12-13,16-18H2,(H2,23,24,25,27). The number of hydrogen-bond donors (Lipinski definition) is 2. The maximum Gasteiger partial charge on any atom is 0.319 e. The third-order valence-corrected chi connectivity index (χ3v) is 7.02. The van der Waals surface area contributed by atoms with Crippen LogP contribution in [0.15, 0.2) is 24.5 Å². The zero-order chi connectivity index (χ0) is 22.4. The number of hydroxylamine groups is 1. The summed E-state index contributed by atoms with van der Waals surface area (Å²) in [4.78, 5) is 21.2. The zero-order valence-corrected chi connectivity index (χ0v) is 18.9. The molecule has 2 N–H and O–H groups in total. The summed E-state index contributed by atoms with van der Waals surface area (Å²) >= 11 is 0. The number of amides is 2. The third-order valence-electron chi connectivity index (χ3n) is 5.31. The molecular weight excluding hydrogens is 423 g/mol. The second-order valence-electron chi connectivity index (χ2n) is 7.86. The van der Waals surface area contributed by atoms with Gasteiger partial charge in [-0.2, -0.15) is 0 Å². The Bertz CT molecular complexity index is 730. The Morgan fingerprint density at radius 3 is 2.55 bits per heavy atom. The number of halogens is 1. The van der Waals surface area contributed by atoms with Gasteiger partial charge in [-0.25, -0.2) is 17.6 Å². The normalized spacial score (nSPS) is 15.2. The number of nitrogens with one attached hydrogen (secondary N) is 2. The van der Waals surface area contributed by atoms with E-state index in [0.29, 0.717) is 37.6 Å². The van der Waals surface area contributed by atoms with Gasteiger partial charge in [0, 0.05) is 24.6 Å². The number of urea groups is 1. The first-order valence-corrected chi connectivity index (χ1v) is 12.8. The maximum atomic E-state index is 12.8. The fraction of sp³-hybridized carbons (Fsp3) is 0.714. The predicted molar refractivity (Wildman–Crippen MR) is 119 cm³/mol. The molecule has 1 aliphatic rings. The van der Waals surface area contributed by atoms with Crippen molar-refractivity contribution in [2.24, 2.45) is 5.92 Å². The summed E-state index contributed by atoms with van der Waals surface area (Å²) in [5.74, 6) is 0.294. The summed E-state index contributed by atoms with van der Waals surface area (Å²) < 4.78 is 38.7. The number of carbonyl (C=O) groups is 1. The van der Waals surface area contributed by atoms with Gasteiger partial charge in [-0.3, -0.25) is 9.82 Å². The Kier molecular flexibility index (Phi) is 11.8. The van der Waals surface area contributed by atoms with E-state index in [2.05, 4.69) is 15.6 Å². The van der Waals surface area contributed by atoms with Crippen molar-refractivity contribution in [3.05, 3.63) is 24.5 Å². The molecule has 0 bridgehead atoms. The van der Waals surface area contributed by atoms with E-state index in [0.717, 1.165) is 43.0 Å². The largest absolute Gasteiger partial charge is 0.338 e. The van der Waals surface area contributed by atoms with Crippen LogP contribution in [0.1, 0.15) is 57.8 Å². The van der Waals surface area contributed by atoms with Crippen LogP contribution >= 0.6 is 0 Å². The fourth-order valence-corrected chi connectivity index (χ4v) is 4.91. The predicted octanol–water partition coefficient (Wildman–Crippen LogP) is 3.88. The molecule has 1 aromatic rings. The van der Waals surface area contributed by atoms with Crippen molar-refractivity contribution >= 4 is 21.7 Å². The first-order chi connectivity index (χ1) is 15.0. The van der Waals surface area contributed by atoms with E-state index in [-0.39, 0.29) is 18.3 Å². The first-order valence-electron chi connectivity index (χ1n) is 11.2. The van der Waals surface area contributed by atoms with E-state index in [4.69, 9.17) is 4.84 Å². The summed E-state index contributed by atoms with van der Waals surface area (Å²) in [6.45, 7) is -0.183. The van der Waals surface area contributed by atoms with Gasteiger partial charge in [0.2, 0.25) is 10.0 Å². The lowest BCUT2D eigenvalue weighted by Gasteiger charge is -2.25. The number of unbranched alkanes of at least 4 members (excludes halogenated alkanes) is 3. The van der Waals surface area contributed by atoms with Gasteiger partial charge in [0.1, 0.15) is 6.67 Å². The number of anilines is 1. The number of hydrogen-bond acceptors (Lipinski definition) is 5. The van der Waals surface area contributed by atoms with Crippen LogP contribution in [-0.2, 0) is 14.9 Å². The van der Waals surface area contributed by atoms with E-state index >= 15 is 0 Å². The first kappa shape index (κ1) is 25.5. The molecule has 0 aliphatic heterocycles. The van der Waals surface area contributed by atoms with Gasteiger partial charge in [0.15, 0.2) is 0 Å². The van der Waals surface area contributed by atoms with Gasteiger partial charge in [-0.15, -0.1) is 0 Å². The summed E-state index contributed by atoms with van der Waals surface area (Å²) in [7, 11) is -3.64. The lowest BCUT2D eigenvalue weighted by Crippen LogP contribution is -2.36. The molecule has 0 saturated heterocycles. The molecule has 0 radical (unpaired) electrons. The molecular formula is C21H35FN4O4S. The molecule has 10 heteroatoms. The van der Waals surface area contributed by atoms with Gasteiger partial charge in [-0.05, 0) is 43.7 Å². The number of sulfonamides is 1. The number of aromatic nitrogens is 1. The van der Waals surface area contributed by atoms with E-state index < -0.39 is 16.7 Å². The Balaban J connectivity index is 1.58. The van der Waals surface area contributed by atoms with Crippen LogP contribution < -0.4 is 10.6 Å². The number of rotatable bonds is 14. The monoisotopic (exact) mass is 458 g/mol. The second kappa shape index (κ2) is 14.3. The quantitative estimate of drug-likeness (QED) is 0.326. The SMILES string of the molecule is O=C(NCCCCCCS(=O)(=O)N(CCF)OCC1CCCCC1)Nc1ccncc1. The molecule has 0 aromatic carbocycles. The van der Waals surface area contributed by atoms with Crippen molar-refractivity contribution < 1.29 is 22.4 Å². The van der Waals surface area contributed by atoms with Crippen molar-refractivity contribution in [2.75, 3.05) is 37.4 Å². The van der Waals surface area contributed by atoms with Crippen molar-refractivity contribution in [1.82, 2.24) is 14.8 Å². The third kappa shape index (κ3) is 10.4. The van der Waals surface area contributed by atoms with Crippen molar-refractivity contribution in [3.63, 3.8) is 0 Å². The maximum absolute atomic E-state index is 12.8. The summed E-state index contributed by atoms with van der Waals surface area (Å²) in [5.41, 5.74) is 0.668. The molecule has 0 unspecified atom stereocenters. The minimum atomic E-state index is -3.64. The average Bonchev–Trinajstić information content (AvgIpc) is 2.77. The highest BCUT2D eigenvalue weighted by Crippen LogP contribution is 2.24. The molecule has 176 valence electrons. The van der Waals surface area contributed by atoms with Crippen LogP contribution in [0.4, 0.5) is 14.9 Å². The summed E-state index contributed by atoms with van der Waals surface area (Å²) in [6.07, 6.45) is 11.5. The molecule has 1 heterocycles.